The van der Waals surface area contributed by atoms with Gasteiger partial charge in [0.15, 0.2) is 0 Å². The standard InChI is InChI=1S/C16H16BrNO/c1-10-6-7-11(8-13(10)17)16-9-14(18)12-4-2-3-5-15(12)19-16/h2-8,14,16H,9,18H2,1H3. The topological polar surface area (TPSA) is 35.2 Å². The van der Waals surface area contributed by atoms with Gasteiger partial charge in [0, 0.05) is 22.5 Å². The minimum absolute atomic E-state index is 0.0294. The molecule has 0 fully saturated rings. The van der Waals surface area contributed by atoms with Crippen molar-refractivity contribution in [3.63, 3.8) is 0 Å². The van der Waals surface area contributed by atoms with E-state index in [1.54, 1.807) is 0 Å². The van der Waals surface area contributed by atoms with Gasteiger partial charge >= 0.3 is 0 Å². The highest BCUT2D eigenvalue weighted by molar-refractivity contribution is 9.10. The summed E-state index contributed by atoms with van der Waals surface area (Å²) in [7, 11) is 0. The lowest BCUT2D eigenvalue weighted by molar-refractivity contribution is 0.161. The molecule has 0 radical (unpaired) electrons. The summed E-state index contributed by atoms with van der Waals surface area (Å²) in [5, 5.41) is 0. The van der Waals surface area contributed by atoms with Gasteiger partial charge in [0.25, 0.3) is 0 Å². The van der Waals surface area contributed by atoms with E-state index in [1.165, 1.54) is 11.1 Å². The second-order valence-electron chi connectivity index (χ2n) is 5.00. The average Bonchev–Trinajstić information content (AvgIpc) is 2.42. The number of para-hydroxylation sites is 1. The molecule has 2 unspecified atom stereocenters. The van der Waals surface area contributed by atoms with Crippen LogP contribution in [-0.2, 0) is 0 Å². The summed E-state index contributed by atoms with van der Waals surface area (Å²) in [6.45, 7) is 2.08. The van der Waals surface area contributed by atoms with Crippen LogP contribution in [0.25, 0.3) is 0 Å². The van der Waals surface area contributed by atoms with Crippen LogP contribution in [0.5, 0.6) is 5.75 Å². The Labute approximate surface area is 121 Å². The first kappa shape index (κ1) is 12.7. The zero-order valence-corrected chi connectivity index (χ0v) is 12.4. The highest BCUT2D eigenvalue weighted by Crippen LogP contribution is 2.40. The Bertz CT molecular complexity index is 611. The first-order valence-corrected chi connectivity index (χ1v) is 7.21. The molecule has 3 rings (SSSR count). The normalized spacial score (nSPS) is 21.6. The number of rotatable bonds is 1. The third-order valence-electron chi connectivity index (χ3n) is 3.62. The first-order chi connectivity index (χ1) is 9.15. The van der Waals surface area contributed by atoms with E-state index in [9.17, 15) is 0 Å². The highest BCUT2D eigenvalue weighted by Gasteiger charge is 2.26. The van der Waals surface area contributed by atoms with Gasteiger partial charge in [0.1, 0.15) is 11.9 Å². The van der Waals surface area contributed by atoms with Crippen LogP contribution in [0.4, 0.5) is 0 Å². The number of halogens is 1. The number of benzene rings is 2. The van der Waals surface area contributed by atoms with Crippen LogP contribution >= 0.6 is 15.9 Å². The molecule has 0 saturated heterocycles. The zero-order valence-electron chi connectivity index (χ0n) is 10.8. The Morgan fingerprint density at radius 2 is 2.00 bits per heavy atom. The summed E-state index contributed by atoms with van der Waals surface area (Å²) in [6, 6.07) is 14.4. The molecule has 2 aromatic rings. The molecule has 3 heteroatoms. The number of aryl methyl sites for hydroxylation is 1. The van der Waals surface area contributed by atoms with E-state index in [4.69, 9.17) is 10.5 Å². The van der Waals surface area contributed by atoms with Gasteiger partial charge < -0.3 is 10.5 Å². The van der Waals surface area contributed by atoms with Gasteiger partial charge in [-0.15, -0.1) is 0 Å². The predicted molar refractivity (Wildman–Crippen MR) is 80.2 cm³/mol. The second kappa shape index (κ2) is 4.99. The van der Waals surface area contributed by atoms with Crippen LogP contribution in [0, 0.1) is 6.92 Å². The third-order valence-corrected chi connectivity index (χ3v) is 4.48. The van der Waals surface area contributed by atoms with E-state index in [2.05, 4.69) is 41.1 Å². The fourth-order valence-corrected chi connectivity index (χ4v) is 2.86. The Morgan fingerprint density at radius 1 is 1.21 bits per heavy atom. The Kier molecular flexibility index (Phi) is 3.33. The minimum atomic E-state index is 0.0294. The molecule has 2 atom stereocenters. The summed E-state index contributed by atoms with van der Waals surface area (Å²) in [5.74, 6) is 0.906. The van der Waals surface area contributed by atoms with Crippen LogP contribution in [-0.4, -0.2) is 0 Å². The maximum Gasteiger partial charge on any atom is 0.126 e. The van der Waals surface area contributed by atoms with Gasteiger partial charge in [-0.25, -0.2) is 0 Å². The van der Waals surface area contributed by atoms with Crippen LogP contribution in [0.2, 0.25) is 0 Å². The fourth-order valence-electron chi connectivity index (χ4n) is 2.47. The van der Waals surface area contributed by atoms with Gasteiger partial charge in [-0.1, -0.05) is 46.3 Å². The van der Waals surface area contributed by atoms with Crippen LogP contribution in [0.3, 0.4) is 0 Å². The van der Waals surface area contributed by atoms with E-state index in [0.717, 1.165) is 22.2 Å². The molecule has 0 saturated carbocycles. The summed E-state index contributed by atoms with van der Waals surface area (Å²) < 4.78 is 7.19. The molecule has 2 N–H and O–H groups in total. The molecular formula is C16H16BrNO. The summed E-state index contributed by atoms with van der Waals surface area (Å²) in [6.07, 6.45) is 0.841. The van der Waals surface area contributed by atoms with Gasteiger partial charge in [-0.3, -0.25) is 0 Å². The van der Waals surface area contributed by atoms with Gasteiger partial charge in [-0.2, -0.15) is 0 Å². The number of ether oxygens (including phenoxy) is 1. The van der Waals surface area contributed by atoms with Gasteiger partial charge in [0.05, 0.1) is 0 Å². The zero-order chi connectivity index (χ0) is 13.4. The lowest BCUT2D eigenvalue weighted by Gasteiger charge is -2.30. The maximum absolute atomic E-state index is 6.25. The second-order valence-corrected chi connectivity index (χ2v) is 5.85. The van der Waals surface area contributed by atoms with Crippen LogP contribution < -0.4 is 10.5 Å². The van der Waals surface area contributed by atoms with Crippen molar-refractivity contribution in [2.24, 2.45) is 5.73 Å². The monoisotopic (exact) mass is 317 g/mol. The molecule has 1 aliphatic rings. The number of hydrogen-bond donors (Lipinski definition) is 1. The molecule has 2 aromatic carbocycles. The van der Waals surface area contributed by atoms with Crippen molar-refractivity contribution in [2.45, 2.75) is 25.5 Å². The summed E-state index contributed by atoms with van der Waals surface area (Å²) >= 11 is 3.57. The lowest BCUT2D eigenvalue weighted by atomic mass is 9.93. The van der Waals surface area contributed by atoms with E-state index in [1.807, 2.05) is 24.3 Å². The quantitative estimate of drug-likeness (QED) is 0.852. The van der Waals surface area contributed by atoms with Gasteiger partial charge in [0.2, 0.25) is 0 Å². The van der Waals surface area contributed by atoms with E-state index < -0.39 is 0 Å². The Morgan fingerprint density at radius 3 is 2.79 bits per heavy atom. The molecule has 2 nitrogen and oxygen atoms in total. The number of fused-ring (bicyclic) bond motifs is 1. The largest absolute Gasteiger partial charge is 0.485 e. The smallest absolute Gasteiger partial charge is 0.126 e. The van der Waals surface area contributed by atoms with Crippen molar-refractivity contribution >= 4 is 15.9 Å². The predicted octanol–water partition coefficient (Wildman–Crippen LogP) is 4.28. The molecule has 98 valence electrons. The average molecular weight is 318 g/mol. The minimum Gasteiger partial charge on any atom is -0.485 e. The van der Waals surface area contributed by atoms with Crippen LogP contribution in [0.1, 0.15) is 35.3 Å². The van der Waals surface area contributed by atoms with Crippen molar-refractivity contribution in [3.8, 4) is 5.75 Å². The summed E-state index contributed by atoms with van der Waals surface area (Å²) in [4.78, 5) is 0. The molecule has 0 spiro atoms. The molecule has 1 heterocycles. The number of hydrogen-bond acceptors (Lipinski definition) is 2. The molecule has 1 aliphatic heterocycles. The highest BCUT2D eigenvalue weighted by atomic mass is 79.9. The maximum atomic E-state index is 6.25. The Hall–Kier alpha value is -1.32. The molecule has 0 aliphatic carbocycles. The van der Waals surface area contributed by atoms with Crippen molar-refractivity contribution in [1.82, 2.24) is 0 Å². The Balaban J connectivity index is 1.94. The van der Waals surface area contributed by atoms with E-state index >= 15 is 0 Å². The summed E-state index contributed by atoms with van der Waals surface area (Å²) in [5.41, 5.74) is 9.75. The van der Waals surface area contributed by atoms with Crippen molar-refractivity contribution in [1.29, 1.82) is 0 Å². The molecule has 0 bridgehead atoms. The molecule has 0 amide bonds. The van der Waals surface area contributed by atoms with Gasteiger partial charge in [-0.05, 0) is 30.2 Å². The fraction of sp³-hybridized carbons (Fsp3) is 0.250. The van der Waals surface area contributed by atoms with Crippen LogP contribution in [0.15, 0.2) is 46.9 Å². The molecular weight excluding hydrogens is 302 g/mol. The van der Waals surface area contributed by atoms with Crippen molar-refractivity contribution < 1.29 is 4.74 Å². The first-order valence-electron chi connectivity index (χ1n) is 6.42. The molecule has 0 aromatic heterocycles. The lowest BCUT2D eigenvalue weighted by Crippen LogP contribution is -2.24. The molecule has 19 heavy (non-hydrogen) atoms. The number of nitrogens with two attached hydrogens (primary N) is 1. The van der Waals surface area contributed by atoms with Crippen molar-refractivity contribution in [2.75, 3.05) is 0 Å². The van der Waals surface area contributed by atoms with E-state index in [-0.39, 0.29) is 12.1 Å². The van der Waals surface area contributed by atoms with Crippen molar-refractivity contribution in [3.05, 3.63) is 63.6 Å². The third kappa shape index (κ3) is 2.40. The van der Waals surface area contributed by atoms with E-state index in [0.29, 0.717) is 0 Å². The SMILES string of the molecule is Cc1ccc(C2CC(N)c3ccccc3O2)cc1Br.